The van der Waals surface area contributed by atoms with Gasteiger partial charge < -0.3 is 31.3 Å². The van der Waals surface area contributed by atoms with Crippen LogP contribution in [0.3, 0.4) is 0 Å². The molecule has 0 bridgehead atoms. The summed E-state index contributed by atoms with van der Waals surface area (Å²) in [6.45, 7) is 3.86. The van der Waals surface area contributed by atoms with E-state index in [1.54, 1.807) is 0 Å². The number of primary amides is 1. The lowest BCUT2D eigenvalue weighted by Crippen LogP contribution is -2.63. The fourth-order valence-electron chi connectivity index (χ4n) is 4.59. The quantitative estimate of drug-likeness (QED) is 0.353. The first-order chi connectivity index (χ1) is 13.5. The van der Waals surface area contributed by atoms with Crippen molar-refractivity contribution in [1.29, 1.82) is 0 Å². The minimum atomic E-state index is -2.85. The fraction of sp³-hybridized carbons (Fsp3) is 0.250. The number of carbonyl (C=O) groups is 3. The lowest BCUT2D eigenvalue weighted by Gasteiger charge is -2.49. The van der Waals surface area contributed by atoms with Crippen molar-refractivity contribution in [3.63, 3.8) is 0 Å². The smallest absolute Gasteiger partial charge is 0.255 e. The van der Waals surface area contributed by atoms with Crippen LogP contribution in [-0.4, -0.2) is 54.7 Å². The molecule has 4 unspecified atom stereocenters. The molecule has 0 radical (unpaired) electrons. The molecule has 0 aromatic heterocycles. The Morgan fingerprint density at radius 1 is 1.21 bits per heavy atom. The minimum absolute atomic E-state index is 0.114. The van der Waals surface area contributed by atoms with E-state index in [2.05, 4.69) is 6.58 Å². The zero-order chi connectivity index (χ0) is 21.4. The Bertz CT molecular complexity index is 1100. The number of carbonyl (C=O) groups excluding carboxylic acids is 3. The van der Waals surface area contributed by atoms with E-state index in [-0.39, 0.29) is 22.4 Å². The normalized spacial score (nSPS) is 31.4. The molecule has 7 N–H and O–H groups in total. The number of rotatable bonds is 1. The van der Waals surface area contributed by atoms with Gasteiger partial charge in [-0.05, 0) is 17.2 Å². The van der Waals surface area contributed by atoms with Crippen molar-refractivity contribution in [2.24, 2.45) is 17.6 Å². The number of phenolic OH excluding ortho intramolecular Hbond substituents is 1. The molecule has 1 saturated carbocycles. The van der Waals surface area contributed by atoms with Gasteiger partial charge in [0, 0.05) is 18.3 Å². The predicted octanol–water partition coefficient (Wildman–Crippen LogP) is -0.135. The van der Waals surface area contributed by atoms with Gasteiger partial charge in [0.25, 0.3) is 5.91 Å². The number of aromatic hydroxyl groups is 1. The van der Waals surface area contributed by atoms with Crippen LogP contribution < -0.4 is 5.73 Å². The van der Waals surface area contributed by atoms with E-state index in [4.69, 9.17) is 5.73 Å². The number of aliphatic hydroxyl groups is 4. The first-order valence-electron chi connectivity index (χ1n) is 8.70. The Morgan fingerprint density at radius 2 is 1.86 bits per heavy atom. The molecule has 4 rings (SSSR count). The second kappa shape index (κ2) is 5.79. The van der Waals surface area contributed by atoms with Gasteiger partial charge in [-0.25, -0.2) is 0 Å². The number of ketones is 2. The van der Waals surface area contributed by atoms with E-state index in [1.165, 1.54) is 18.2 Å². The van der Waals surface area contributed by atoms with Crippen LogP contribution in [0.5, 0.6) is 5.75 Å². The molecule has 9 heteroatoms. The molecule has 4 atom stereocenters. The summed E-state index contributed by atoms with van der Waals surface area (Å²) in [6, 6.07) is 4.28. The van der Waals surface area contributed by atoms with E-state index in [0.717, 1.165) is 0 Å². The molecule has 1 fully saturated rings. The highest BCUT2D eigenvalue weighted by atomic mass is 16.4. The van der Waals surface area contributed by atoms with Gasteiger partial charge in [-0.15, -0.1) is 0 Å². The summed E-state index contributed by atoms with van der Waals surface area (Å²) in [6.07, 6.45) is -2.24. The molecule has 0 aliphatic heterocycles. The summed E-state index contributed by atoms with van der Waals surface area (Å²) in [4.78, 5) is 37.1. The van der Waals surface area contributed by atoms with Gasteiger partial charge in [-0.3, -0.25) is 14.4 Å². The number of hydrogen-bond donors (Lipinski definition) is 6. The van der Waals surface area contributed by atoms with Gasteiger partial charge in [0.2, 0.25) is 5.78 Å². The van der Waals surface area contributed by atoms with Crippen LogP contribution in [0, 0.1) is 11.8 Å². The van der Waals surface area contributed by atoms with Crippen LogP contribution in [0.2, 0.25) is 0 Å². The average molecular weight is 399 g/mol. The van der Waals surface area contributed by atoms with Gasteiger partial charge in [-0.1, -0.05) is 18.7 Å². The molecule has 0 spiro atoms. The van der Waals surface area contributed by atoms with Crippen molar-refractivity contribution >= 4 is 28.8 Å². The third kappa shape index (κ3) is 2.13. The first kappa shape index (κ1) is 18.9. The van der Waals surface area contributed by atoms with Crippen molar-refractivity contribution in [1.82, 2.24) is 0 Å². The summed E-state index contributed by atoms with van der Waals surface area (Å²) in [5.41, 5.74) is 1.19. The largest absolute Gasteiger partial charge is 0.508 e. The number of amides is 1. The molecular formula is C20H17NO8. The number of hydrogen-bond acceptors (Lipinski definition) is 8. The van der Waals surface area contributed by atoms with Gasteiger partial charge in [0.05, 0.1) is 17.2 Å². The standard InChI is InChI=1S/C20H17NO8/c1-6-7-3-2-4-9(22)12(7)16(25)14-11(6)15(24)8-5-10(23)13(19(21)28)17(26)20(8,29)18(14)27/h2-4,8,11,15,22,24-26,29H,1,5H2,(H2,21,28). The number of fused-ring (bicyclic) bond motifs is 3. The number of Topliss-reactive ketones (excluding diaryl/α,β-unsaturated/α-hetero) is 2. The van der Waals surface area contributed by atoms with E-state index in [1.807, 2.05) is 0 Å². The number of benzene rings is 1. The Kier molecular flexibility index (Phi) is 3.77. The maximum absolute atomic E-state index is 13.3. The lowest BCUT2D eigenvalue weighted by atomic mass is 9.57. The zero-order valence-electron chi connectivity index (χ0n) is 14.9. The Hall–Kier alpha value is -3.43. The lowest BCUT2D eigenvalue weighted by molar-refractivity contribution is -0.157. The number of nitrogens with two attached hydrogens (primary N) is 1. The Labute approximate surface area is 163 Å². The maximum Gasteiger partial charge on any atom is 0.255 e. The van der Waals surface area contributed by atoms with Crippen LogP contribution in [0.25, 0.3) is 11.3 Å². The molecule has 3 aliphatic carbocycles. The monoisotopic (exact) mass is 399 g/mol. The molecule has 150 valence electrons. The van der Waals surface area contributed by atoms with Gasteiger partial charge >= 0.3 is 0 Å². The molecule has 1 amide bonds. The summed E-state index contributed by atoms with van der Waals surface area (Å²) < 4.78 is 0. The Balaban J connectivity index is 2.03. The summed E-state index contributed by atoms with van der Waals surface area (Å²) in [5.74, 6) is -8.49. The molecule has 9 nitrogen and oxygen atoms in total. The van der Waals surface area contributed by atoms with Crippen LogP contribution in [0.1, 0.15) is 17.5 Å². The highest BCUT2D eigenvalue weighted by Crippen LogP contribution is 2.54. The first-order valence-corrected chi connectivity index (χ1v) is 8.70. The predicted molar refractivity (Wildman–Crippen MR) is 98.1 cm³/mol. The van der Waals surface area contributed by atoms with Crippen molar-refractivity contribution in [3.05, 3.63) is 52.8 Å². The SMILES string of the molecule is C=C1c2cccc(O)c2C(O)=C2C(=O)C3(O)C(O)=C(C(N)=O)C(=O)CC3C(O)C12. The fourth-order valence-corrected chi connectivity index (χ4v) is 4.59. The van der Waals surface area contributed by atoms with Crippen molar-refractivity contribution in [2.45, 2.75) is 18.1 Å². The van der Waals surface area contributed by atoms with Crippen LogP contribution >= 0.6 is 0 Å². The second-order valence-corrected chi connectivity index (χ2v) is 7.37. The van der Waals surface area contributed by atoms with Crippen LogP contribution in [-0.2, 0) is 14.4 Å². The number of aliphatic hydroxyl groups excluding tert-OH is 3. The average Bonchev–Trinajstić information content (AvgIpc) is 2.65. The van der Waals surface area contributed by atoms with E-state index < -0.39 is 70.1 Å². The Morgan fingerprint density at radius 3 is 2.48 bits per heavy atom. The summed E-state index contributed by atoms with van der Waals surface area (Å²) in [5, 5.41) is 53.4. The second-order valence-electron chi connectivity index (χ2n) is 7.37. The third-order valence-corrected chi connectivity index (χ3v) is 5.98. The van der Waals surface area contributed by atoms with Gasteiger partial charge in [0.15, 0.2) is 11.4 Å². The zero-order valence-corrected chi connectivity index (χ0v) is 14.9. The molecule has 3 aliphatic rings. The summed E-state index contributed by atoms with van der Waals surface area (Å²) in [7, 11) is 0. The van der Waals surface area contributed by atoms with Gasteiger partial charge in [-0.2, -0.15) is 0 Å². The highest BCUT2D eigenvalue weighted by Gasteiger charge is 2.64. The topological polar surface area (TPSA) is 178 Å². The molecule has 1 aromatic rings. The summed E-state index contributed by atoms with van der Waals surface area (Å²) >= 11 is 0. The maximum atomic E-state index is 13.3. The highest BCUT2D eigenvalue weighted by molar-refractivity contribution is 6.23. The molecule has 0 heterocycles. The van der Waals surface area contributed by atoms with E-state index in [9.17, 15) is 39.9 Å². The van der Waals surface area contributed by atoms with Gasteiger partial charge in [0.1, 0.15) is 22.8 Å². The third-order valence-electron chi connectivity index (χ3n) is 5.98. The van der Waals surface area contributed by atoms with Crippen molar-refractivity contribution in [3.8, 4) is 5.75 Å². The van der Waals surface area contributed by atoms with E-state index in [0.29, 0.717) is 0 Å². The van der Waals surface area contributed by atoms with Crippen LogP contribution in [0.4, 0.5) is 0 Å². The van der Waals surface area contributed by atoms with Crippen molar-refractivity contribution in [2.75, 3.05) is 0 Å². The number of phenols is 1. The van der Waals surface area contributed by atoms with Crippen LogP contribution in [0.15, 0.2) is 41.7 Å². The molecule has 0 saturated heterocycles. The molecule has 1 aromatic carbocycles. The van der Waals surface area contributed by atoms with E-state index >= 15 is 0 Å². The molecule has 29 heavy (non-hydrogen) atoms. The van der Waals surface area contributed by atoms with Crippen molar-refractivity contribution < 1.29 is 39.9 Å². The minimum Gasteiger partial charge on any atom is -0.508 e. The molecular weight excluding hydrogens is 382 g/mol.